The minimum atomic E-state index is -11.1. The quantitative estimate of drug-likeness (QED) is 0.585. The zero-order chi connectivity index (χ0) is 8.35. The summed E-state index contributed by atoms with van der Waals surface area (Å²) in [5, 5.41) is 0. The maximum atomic E-state index is 9.54. The second-order valence-electron chi connectivity index (χ2n) is 1.92. The molecule has 0 saturated carbocycles. The van der Waals surface area contributed by atoms with Crippen LogP contribution in [-0.2, 0) is 22.6 Å². The molecule has 0 aliphatic heterocycles. The third kappa shape index (κ3) is 5920. The van der Waals surface area contributed by atoms with E-state index in [4.69, 9.17) is 8.32 Å². The molecule has 58 valence electrons. The van der Waals surface area contributed by atoms with E-state index in [0.29, 0.717) is 0 Å². The van der Waals surface area contributed by atoms with Gasteiger partial charge in [0, 0.05) is 0 Å². The van der Waals surface area contributed by atoms with E-state index in [-0.39, 0.29) is 0 Å². The summed E-state index contributed by atoms with van der Waals surface area (Å²) in [5.74, 6) is 0. The van der Waals surface area contributed by atoms with Gasteiger partial charge in [0.15, 0.2) is 0 Å². The Morgan fingerprint density at radius 3 is 0.889 bits per heavy atom. The molecule has 0 atom stereocenters. The zero-order valence-electron chi connectivity index (χ0n) is 3.69. The molecule has 0 bridgehead atoms. The minimum absolute atomic E-state index is 3.36. The molecule has 0 radical (unpaired) electrons. The maximum absolute atomic E-state index is 11.1. The van der Waals surface area contributed by atoms with Crippen molar-refractivity contribution in [2.24, 2.45) is 0 Å². The van der Waals surface area contributed by atoms with Crippen molar-refractivity contribution in [2.45, 2.75) is 0 Å². The SMILES string of the molecule is [O]=[Cr](=[O])(=[O])(=[O])([OH])([OH])([Cl])[Cl]. The first-order valence-corrected chi connectivity index (χ1v) is 8.07. The number of halogens is 2. The summed E-state index contributed by atoms with van der Waals surface area (Å²) in [6.07, 6.45) is 0. The Morgan fingerprint density at radius 2 is 0.889 bits per heavy atom. The fourth-order valence-electron chi connectivity index (χ4n) is 0. The van der Waals surface area contributed by atoms with E-state index in [9.17, 15) is 15.2 Å². The summed E-state index contributed by atoms with van der Waals surface area (Å²) < 4.78 is 52.9. The van der Waals surface area contributed by atoms with Crippen LogP contribution in [0.4, 0.5) is 0 Å². The summed E-state index contributed by atoms with van der Waals surface area (Å²) in [4.78, 5) is 0. The van der Waals surface area contributed by atoms with Crippen molar-refractivity contribution in [2.75, 3.05) is 0 Å². The fourth-order valence-corrected chi connectivity index (χ4v) is 0. The number of hydrogen-bond acceptors (Lipinski definition) is 4. The zero-order valence-corrected chi connectivity index (χ0v) is 6.48. The molecule has 2 N–H and O–H groups in total. The van der Waals surface area contributed by atoms with Gasteiger partial charge < -0.3 is 0 Å². The normalized spacial score (nSPS) is 30.7. The van der Waals surface area contributed by atoms with Gasteiger partial charge in [0.25, 0.3) is 0 Å². The molecule has 0 aromatic heterocycles. The van der Waals surface area contributed by atoms with Crippen LogP contribution >= 0.6 is 20.1 Å². The van der Waals surface area contributed by atoms with Gasteiger partial charge in [-0.25, -0.2) is 0 Å². The average Bonchev–Trinajstić information content (AvgIpc) is 0.503. The molecule has 9 heavy (non-hydrogen) atoms. The van der Waals surface area contributed by atoms with Crippen LogP contribution in [-0.4, -0.2) is 8.32 Å². The standard InChI is InChI=1S/2ClH.Cr.2H2O.4O/h2*1H;;2*1H2;;;;/q;;+4;;;;;;/p-4. The van der Waals surface area contributed by atoms with E-state index >= 15 is 0 Å². The molecule has 0 fully saturated rings. The molecule has 0 amide bonds. The van der Waals surface area contributed by atoms with E-state index in [1.807, 2.05) is 0 Å². The van der Waals surface area contributed by atoms with Gasteiger partial charge in [-0.3, -0.25) is 0 Å². The van der Waals surface area contributed by atoms with Crippen molar-refractivity contribution in [1.82, 2.24) is 0 Å². The second-order valence-corrected chi connectivity index (χ2v) is 16.3. The van der Waals surface area contributed by atoms with Gasteiger partial charge in [-0.1, -0.05) is 0 Å². The van der Waals surface area contributed by atoms with Crippen molar-refractivity contribution in [3.63, 3.8) is 0 Å². The van der Waals surface area contributed by atoms with E-state index in [0.717, 1.165) is 0 Å². The fraction of sp³-hybridized carbons (Fsp3) is 0. The first kappa shape index (κ1) is 9.23. The van der Waals surface area contributed by atoms with Gasteiger partial charge in [-0.15, -0.1) is 0 Å². The molecule has 0 spiro atoms. The van der Waals surface area contributed by atoms with E-state index in [1.54, 1.807) is 0 Å². The van der Waals surface area contributed by atoms with Crippen molar-refractivity contribution in [1.29, 1.82) is 0 Å². The molecule has 0 heterocycles. The summed E-state index contributed by atoms with van der Waals surface area (Å²) in [5.41, 5.74) is 0. The van der Waals surface area contributed by atoms with Crippen molar-refractivity contribution >= 4 is 20.1 Å². The van der Waals surface area contributed by atoms with Crippen LogP contribution in [0.25, 0.3) is 0 Å². The van der Waals surface area contributed by atoms with Crippen LogP contribution in [0, 0.1) is 0 Å². The number of rotatable bonds is 0. The first-order valence-electron chi connectivity index (χ1n) is 1.34. The van der Waals surface area contributed by atoms with E-state index in [2.05, 4.69) is 20.1 Å². The summed E-state index contributed by atoms with van der Waals surface area (Å²) in [7, 11) is -4.40. The Labute approximate surface area is 51.4 Å². The molecular formula is H2Cl2CrO6. The predicted molar refractivity (Wildman–Crippen MR) is 18.9 cm³/mol. The molecule has 0 unspecified atom stereocenters. The summed E-state index contributed by atoms with van der Waals surface area (Å²) >= 11 is 0. The van der Waals surface area contributed by atoms with Gasteiger partial charge in [-0.05, 0) is 0 Å². The predicted octanol–water partition coefficient (Wildman–Crippen LogP) is -0.213. The molecule has 0 aromatic rings. The van der Waals surface area contributed by atoms with Crippen LogP contribution in [0.15, 0.2) is 0 Å². The van der Waals surface area contributed by atoms with Gasteiger partial charge in [0.2, 0.25) is 0 Å². The molecule has 0 rings (SSSR count). The molecular weight excluding hydrogens is 219 g/mol. The van der Waals surface area contributed by atoms with Crippen LogP contribution in [0.5, 0.6) is 0 Å². The Balaban J connectivity index is 7.86. The monoisotopic (exact) mass is 220 g/mol. The Morgan fingerprint density at radius 1 is 0.889 bits per heavy atom. The van der Waals surface area contributed by atoms with Crippen LogP contribution in [0.2, 0.25) is 0 Å². The van der Waals surface area contributed by atoms with E-state index in [1.165, 1.54) is 0 Å². The van der Waals surface area contributed by atoms with Crippen LogP contribution < -0.4 is 0 Å². The van der Waals surface area contributed by atoms with Gasteiger partial charge in [0.05, 0.1) is 0 Å². The van der Waals surface area contributed by atoms with Crippen molar-refractivity contribution in [3.05, 3.63) is 0 Å². The summed E-state index contributed by atoms with van der Waals surface area (Å²) in [6, 6.07) is 0. The summed E-state index contributed by atoms with van der Waals surface area (Å²) in [6.45, 7) is 0. The van der Waals surface area contributed by atoms with Gasteiger partial charge in [0.1, 0.15) is 0 Å². The Bertz CT molecular complexity index is 515. The molecule has 9 heteroatoms. The van der Waals surface area contributed by atoms with Gasteiger partial charge in [-0.2, -0.15) is 0 Å². The van der Waals surface area contributed by atoms with E-state index < -0.39 is 7.36 Å². The Kier molecular flexibility index (Phi) is 0.554. The van der Waals surface area contributed by atoms with Crippen molar-refractivity contribution < 1.29 is 30.9 Å². The topological polar surface area (TPSA) is 109 Å². The van der Waals surface area contributed by atoms with Crippen LogP contribution in [0.3, 0.4) is 0 Å². The Hall–Kier alpha value is 0.232. The molecule has 0 aromatic carbocycles. The average molecular weight is 221 g/mol. The molecule has 6 nitrogen and oxygen atoms in total. The first-order chi connectivity index (χ1) is 2.83. The second kappa shape index (κ2) is 0.540. The number of hydrogen-bond donors (Lipinski definition) is 2. The molecule has 0 aliphatic carbocycles. The molecule has 0 saturated heterocycles. The third-order valence-electron chi connectivity index (χ3n) is 0. The van der Waals surface area contributed by atoms with Crippen molar-refractivity contribution in [3.8, 4) is 0 Å². The van der Waals surface area contributed by atoms with Crippen LogP contribution in [0.1, 0.15) is 0 Å². The third-order valence-corrected chi connectivity index (χ3v) is 0. The molecule has 0 aliphatic rings. The van der Waals surface area contributed by atoms with Gasteiger partial charge >= 0.3 is 51.0 Å².